The van der Waals surface area contributed by atoms with Gasteiger partial charge >= 0.3 is 5.97 Å². The molecule has 2 aromatic carbocycles. The molecular formula is C26H18BrN3O5. The number of aromatic nitrogens is 2. The Morgan fingerprint density at radius 3 is 2.77 bits per heavy atom. The Kier molecular flexibility index (Phi) is 5.84. The number of furan rings is 1. The van der Waals surface area contributed by atoms with Crippen LogP contribution in [0.15, 0.2) is 86.8 Å². The third-order valence-electron chi connectivity index (χ3n) is 5.37. The lowest BCUT2D eigenvalue weighted by atomic mass is 10.1. The number of aliphatic imine (C=N–C) groups is 1. The number of carbonyl (C=O) groups is 1. The maximum Gasteiger partial charge on any atom is 0.336 e. The summed E-state index contributed by atoms with van der Waals surface area (Å²) in [7, 11) is 1.48. The van der Waals surface area contributed by atoms with E-state index < -0.39 is 5.97 Å². The van der Waals surface area contributed by atoms with Gasteiger partial charge in [-0.15, -0.1) is 0 Å². The molecular weight excluding hydrogens is 514 g/mol. The van der Waals surface area contributed by atoms with Crippen LogP contribution in [0.2, 0.25) is 0 Å². The number of methoxy groups -OCH3 is 1. The van der Waals surface area contributed by atoms with Gasteiger partial charge in [-0.3, -0.25) is 4.40 Å². The molecule has 35 heavy (non-hydrogen) atoms. The first kappa shape index (κ1) is 22.4. The van der Waals surface area contributed by atoms with E-state index in [0.29, 0.717) is 45.6 Å². The summed E-state index contributed by atoms with van der Waals surface area (Å²) in [4.78, 5) is 21.0. The number of hydrogen-bond donors (Lipinski definition) is 2. The zero-order valence-electron chi connectivity index (χ0n) is 18.3. The largest absolute Gasteiger partial charge is 0.504 e. The Labute approximate surface area is 207 Å². The van der Waals surface area contributed by atoms with Crippen molar-refractivity contribution in [2.24, 2.45) is 4.99 Å². The molecule has 5 rings (SSSR count). The van der Waals surface area contributed by atoms with Crippen molar-refractivity contribution in [1.29, 1.82) is 0 Å². The van der Waals surface area contributed by atoms with Crippen molar-refractivity contribution >= 4 is 39.6 Å². The summed E-state index contributed by atoms with van der Waals surface area (Å²) in [6.07, 6.45) is 3.41. The van der Waals surface area contributed by atoms with E-state index in [-0.39, 0.29) is 11.3 Å². The molecule has 0 spiro atoms. The smallest absolute Gasteiger partial charge is 0.336 e. The van der Waals surface area contributed by atoms with E-state index in [9.17, 15) is 15.0 Å². The van der Waals surface area contributed by atoms with Crippen LogP contribution in [-0.4, -0.2) is 38.9 Å². The van der Waals surface area contributed by atoms with Gasteiger partial charge in [0, 0.05) is 21.8 Å². The van der Waals surface area contributed by atoms with Crippen molar-refractivity contribution in [3.63, 3.8) is 0 Å². The molecule has 2 N–H and O–H groups in total. The number of aromatic carboxylic acids is 1. The van der Waals surface area contributed by atoms with Gasteiger partial charge in [0.15, 0.2) is 17.3 Å². The van der Waals surface area contributed by atoms with E-state index in [1.54, 1.807) is 54.7 Å². The number of phenolic OH excluding ortho intramolecular Hbond substituents is 1. The van der Waals surface area contributed by atoms with Crippen LogP contribution < -0.4 is 4.74 Å². The van der Waals surface area contributed by atoms with Gasteiger partial charge in [-0.2, -0.15) is 0 Å². The molecule has 0 radical (unpaired) electrons. The molecule has 0 atom stereocenters. The number of pyridine rings is 1. The van der Waals surface area contributed by atoms with Crippen molar-refractivity contribution in [1.82, 2.24) is 9.38 Å². The van der Waals surface area contributed by atoms with Gasteiger partial charge in [-0.05, 0) is 64.5 Å². The summed E-state index contributed by atoms with van der Waals surface area (Å²) in [5, 5.41) is 19.5. The highest BCUT2D eigenvalue weighted by atomic mass is 79.9. The van der Waals surface area contributed by atoms with Crippen LogP contribution >= 0.6 is 15.9 Å². The van der Waals surface area contributed by atoms with Gasteiger partial charge in [0.1, 0.15) is 22.9 Å². The normalized spacial score (nSPS) is 11.4. The Balaban J connectivity index is 1.58. The number of phenols is 1. The number of carboxylic acid groups (broad SMARTS) is 1. The molecule has 0 saturated carbocycles. The topological polar surface area (TPSA) is 110 Å². The second-order valence-electron chi connectivity index (χ2n) is 7.56. The quantitative estimate of drug-likeness (QED) is 0.253. The molecule has 0 aliphatic heterocycles. The highest BCUT2D eigenvalue weighted by Crippen LogP contribution is 2.36. The van der Waals surface area contributed by atoms with E-state index in [4.69, 9.17) is 14.1 Å². The molecule has 9 heteroatoms. The Morgan fingerprint density at radius 2 is 1.97 bits per heavy atom. The van der Waals surface area contributed by atoms with Gasteiger partial charge in [0.25, 0.3) is 0 Å². The van der Waals surface area contributed by atoms with Gasteiger partial charge < -0.3 is 19.4 Å². The second-order valence-corrected chi connectivity index (χ2v) is 8.47. The zero-order valence-corrected chi connectivity index (χ0v) is 19.9. The van der Waals surface area contributed by atoms with E-state index in [2.05, 4.69) is 20.9 Å². The van der Waals surface area contributed by atoms with Crippen LogP contribution in [0.25, 0.3) is 28.2 Å². The van der Waals surface area contributed by atoms with Crippen molar-refractivity contribution in [2.45, 2.75) is 0 Å². The lowest BCUT2D eigenvalue weighted by molar-refractivity contribution is 0.0697. The first-order valence-electron chi connectivity index (χ1n) is 10.5. The van der Waals surface area contributed by atoms with Crippen molar-refractivity contribution in [3.8, 4) is 34.1 Å². The average Bonchev–Trinajstić information content (AvgIpc) is 3.47. The number of halogens is 1. The van der Waals surface area contributed by atoms with E-state index in [0.717, 1.165) is 4.47 Å². The molecule has 174 valence electrons. The number of imidazole rings is 1. The molecule has 0 amide bonds. The molecule has 0 saturated heterocycles. The molecule has 5 aromatic rings. The van der Waals surface area contributed by atoms with Crippen LogP contribution in [0.4, 0.5) is 5.82 Å². The fraction of sp³-hybridized carbons (Fsp3) is 0.0385. The summed E-state index contributed by atoms with van der Waals surface area (Å²) >= 11 is 3.49. The monoisotopic (exact) mass is 531 g/mol. The number of nitrogens with zero attached hydrogens (tertiary/aromatic N) is 3. The molecule has 0 bridgehead atoms. The van der Waals surface area contributed by atoms with Crippen LogP contribution in [0, 0.1) is 0 Å². The number of rotatable bonds is 6. The first-order valence-corrected chi connectivity index (χ1v) is 11.3. The molecule has 0 aliphatic rings. The van der Waals surface area contributed by atoms with Gasteiger partial charge in [0.2, 0.25) is 0 Å². The van der Waals surface area contributed by atoms with Crippen LogP contribution in [0.5, 0.6) is 11.5 Å². The fourth-order valence-corrected chi connectivity index (χ4v) is 4.06. The molecule has 3 heterocycles. The predicted molar refractivity (Wildman–Crippen MR) is 135 cm³/mol. The standard InChI is InChI=1S/C26H18BrN3O5/c1-34-22-12-15(6-9-20(22)31)24-25(30-14-16(27)7-11-23(30)29-24)28-13-17-8-10-21(35-17)18-4-2-3-5-19(18)26(32)33/h2-14,31H,1H3,(H,32,33). The van der Waals surface area contributed by atoms with Crippen molar-refractivity contribution in [2.75, 3.05) is 7.11 Å². The Bertz CT molecular complexity index is 1600. The highest BCUT2D eigenvalue weighted by Gasteiger charge is 2.17. The Hall–Kier alpha value is -4.37. The van der Waals surface area contributed by atoms with Crippen LogP contribution in [0.3, 0.4) is 0 Å². The molecule has 8 nitrogen and oxygen atoms in total. The highest BCUT2D eigenvalue weighted by molar-refractivity contribution is 9.10. The third-order valence-corrected chi connectivity index (χ3v) is 5.84. The molecule has 0 fully saturated rings. The van der Waals surface area contributed by atoms with Crippen molar-refractivity contribution < 1.29 is 24.2 Å². The summed E-state index contributed by atoms with van der Waals surface area (Å²) in [5.74, 6) is 0.727. The fourth-order valence-electron chi connectivity index (χ4n) is 3.72. The summed E-state index contributed by atoms with van der Waals surface area (Å²) in [5.41, 5.74) is 2.61. The third kappa shape index (κ3) is 4.29. The van der Waals surface area contributed by atoms with E-state index >= 15 is 0 Å². The maximum absolute atomic E-state index is 11.6. The SMILES string of the molecule is COc1cc(-c2nc3ccc(Br)cn3c2N=Cc2ccc(-c3ccccc3C(=O)O)o2)ccc1O. The second kappa shape index (κ2) is 9.11. The summed E-state index contributed by atoms with van der Waals surface area (Å²) in [6.45, 7) is 0. The van der Waals surface area contributed by atoms with Crippen LogP contribution in [-0.2, 0) is 0 Å². The maximum atomic E-state index is 11.6. The van der Waals surface area contributed by atoms with Gasteiger partial charge in [-0.1, -0.05) is 18.2 Å². The number of aromatic hydroxyl groups is 1. The van der Waals surface area contributed by atoms with E-state index in [1.807, 2.05) is 22.7 Å². The number of hydrogen-bond acceptors (Lipinski definition) is 6. The lowest BCUT2D eigenvalue weighted by Crippen LogP contribution is -1.98. The summed E-state index contributed by atoms with van der Waals surface area (Å²) in [6, 6.07) is 18.8. The predicted octanol–water partition coefficient (Wildman–Crippen LogP) is 6.19. The van der Waals surface area contributed by atoms with Gasteiger partial charge in [-0.25, -0.2) is 14.8 Å². The van der Waals surface area contributed by atoms with Crippen molar-refractivity contribution in [3.05, 3.63) is 88.7 Å². The number of carboxylic acids is 1. The number of fused-ring (bicyclic) bond motifs is 1. The van der Waals surface area contributed by atoms with E-state index in [1.165, 1.54) is 13.2 Å². The average molecular weight is 532 g/mol. The van der Waals surface area contributed by atoms with Gasteiger partial charge in [0.05, 0.1) is 18.9 Å². The number of ether oxygens (including phenoxy) is 1. The minimum absolute atomic E-state index is 0.0255. The minimum atomic E-state index is -1.03. The minimum Gasteiger partial charge on any atom is -0.504 e. The summed E-state index contributed by atoms with van der Waals surface area (Å²) < 4.78 is 13.8. The first-order chi connectivity index (χ1) is 16.9. The Morgan fingerprint density at radius 1 is 1.14 bits per heavy atom. The molecule has 0 aliphatic carbocycles. The van der Waals surface area contributed by atoms with Crippen LogP contribution in [0.1, 0.15) is 16.1 Å². The molecule has 3 aromatic heterocycles. The molecule has 0 unspecified atom stereocenters. The lowest BCUT2D eigenvalue weighted by Gasteiger charge is -2.06. The number of benzene rings is 2. The zero-order chi connectivity index (χ0) is 24.5.